The van der Waals surface area contributed by atoms with Crippen molar-refractivity contribution < 1.29 is 0 Å². The Kier molecular flexibility index (Phi) is 5.85. The minimum Gasteiger partial charge on any atom is -0.347 e. The van der Waals surface area contributed by atoms with Gasteiger partial charge in [-0.2, -0.15) is 0 Å². The lowest BCUT2D eigenvalue weighted by molar-refractivity contribution is 0.534. The maximum Gasteiger partial charge on any atom is 0.0486 e. The Morgan fingerprint density at radius 3 is 2.39 bits per heavy atom. The maximum absolute atomic E-state index is 3.54. The van der Waals surface area contributed by atoms with Gasteiger partial charge in [-0.05, 0) is 49.8 Å². The van der Waals surface area contributed by atoms with E-state index in [1.54, 1.807) is 0 Å². The number of nitrogens with zero attached hydrogens (tertiary/aromatic N) is 1. The van der Waals surface area contributed by atoms with Crippen LogP contribution in [-0.2, 0) is 13.1 Å². The molecule has 0 spiro atoms. The van der Waals surface area contributed by atoms with Crippen LogP contribution in [0.2, 0.25) is 0 Å². The zero-order valence-electron chi connectivity index (χ0n) is 15.7. The molecule has 2 nitrogen and oxygen atoms in total. The van der Waals surface area contributed by atoms with E-state index in [4.69, 9.17) is 0 Å². The van der Waals surface area contributed by atoms with Gasteiger partial charge in [-0.15, -0.1) is 0 Å². The molecule has 0 fully saturated rings. The highest BCUT2D eigenvalue weighted by Gasteiger charge is 2.14. The first-order valence-corrected chi connectivity index (χ1v) is 9.51. The van der Waals surface area contributed by atoms with E-state index in [1.807, 2.05) is 11.9 Å². The van der Waals surface area contributed by atoms with Crippen molar-refractivity contribution in [2.24, 2.45) is 5.92 Å². The Morgan fingerprint density at radius 1 is 1.13 bits per heavy atom. The van der Waals surface area contributed by atoms with Crippen molar-refractivity contribution in [1.29, 1.82) is 0 Å². The van der Waals surface area contributed by atoms with E-state index in [0.717, 1.165) is 13.1 Å². The quantitative estimate of drug-likeness (QED) is 0.658. The van der Waals surface area contributed by atoms with E-state index in [-0.39, 0.29) is 4.75 Å². The van der Waals surface area contributed by atoms with Gasteiger partial charge < -0.3 is 4.57 Å². The van der Waals surface area contributed by atoms with Gasteiger partial charge in [0.25, 0.3) is 0 Å². The molecule has 2 rings (SSSR count). The van der Waals surface area contributed by atoms with Crippen molar-refractivity contribution >= 4 is 22.9 Å². The molecular formula is C20H32N2S. The molecule has 0 saturated carbocycles. The summed E-state index contributed by atoms with van der Waals surface area (Å²) in [6.45, 7) is 17.8. The average Bonchev–Trinajstić information content (AvgIpc) is 2.74. The predicted octanol–water partition coefficient (Wildman–Crippen LogP) is 5.96. The minimum absolute atomic E-state index is 0.237. The second-order valence-corrected chi connectivity index (χ2v) is 9.88. The molecule has 3 heteroatoms. The molecule has 1 N–H and O–H groups in total. The summed E-state index contributed by atoms with van der Waals surface area (Å²) in [6, 6.07) is 6.97. The Bertz CT molecular complexity index is 647. The van der Waals surface area contributed by atoms with Crippen LogP contribution in [0.25, 0.3) is 10.9 Å². The summed E-state index contributed by atoms with van der Waals surface area (Å²) in [6.07, 6.45) is 2.34. The standard InChI is InChI=1S/C20H32N2S/c1-14(2)12-22-13-17(11-21-23-20(5,6)7)18-9-8-16(15(3)4)10-19(18)22/h8-10,13-15,21H,11-12H2,1-7H3. The number of nitrogens with one attached hydrogen (secondary N) is 1. The summed E-state index contributed by atoms with van der Waals surface area (Å²) in [5, 5.41) is 1.39. The summed E-state index contributed by atoms with van der Waals surface area (Å²) in [7, 11) is 0. The number of benzene rings is 1. The first-order valence-electron chi connectivity index (χ1n) is 8.70. The molecule has 0 aliphatic rings. The summed E-state index contributed by atoms with van der Waals surface area (Å²) >= 11 is 1.81. The van der Waals surface area contributed by atoms with Crippen molar-refractivity contribution in [3.63, 3.8) is 0 Å². The zero-order valence-corrected chi connectivity index (χ0v) is 16.6. The topological polar surface area (TPSA) is 17.0 Å². The molecule has 0 bridgehead atoms. The first kappa shape index (κ1) is 18.4. The molecule has 0 saturated heterocycles. The fourth-order valence-corrected chi connectivity index (χ4v) is 3.42. The third-order valence-corrected chi connectivity index (χ3v) is 4.76. The second kappa shape index (κ2) is 7.31. The van der Waals surface area contributed by atoms with Crippen LogP contribution in [0.3, 0.4) is 0 Å². The van der Waals surface area contributed by atoms with E-state index < -0.39 is 0 Å². The Labute approximate surface area is 146 Å². The average molecular weight is 333 g/mol. The number of fused-ring (bicyclic) bond motifs is 1. The highest BCUT2D eigenvalue weighted by Crippen LogP contribution is 2.28. The van der Waals surface area contributed by atoms with Crippen molar-refractivity contribution in [1.82, 2.24) is 9.29 Å². The van der Waals surface area contributed by atoms with E-state index in [1.165, 1.54) is 22.0 Å². The lowest BCUT2D eigenvalue weighted by Gasteiger charge is -2.17. The van der Waals surface area contributed by atoms with Crippen LogP contribution in [0.1, 0.15) is 65.5 Å². The fraction of sp³-hybridized carbons (Fsp3) is 0.600. The molecule has 0 unspecified atom stereocenters. The van der Waals surface area contributed by atoms with Gasteiger partial charge in [0.1, 0.15) is 0 Å². The SMILES string of the molecule is CC(C)Cn1cc(CNSC(C)(C)C)c2ccc(C(C)C)cc21. The highest BCUT2D eigenvalue weighted by molar-refractivity contribution is 7.98. The van der Waals surface area contributed by atoms with Crippen LogP contribution in [0.15, 0.2) is 24.4 Å². The van der Waals surface area contributed by atoms with Crippen LogP contribution in [-0.4, -0.2) is 9.31 Å². The Balaban J connectivity index is 2.33. The molecule has 0 aliphatic heterocycles. The van der Waals surface area contributed by atoms with Gasteiger partial charge in [0, 0.05) is 34.9 Å². The normalized spacial score (nSPS) is 12.7. The van der Waals surface area contributed by atoms with Crippen LogP contribution >= 0.6 is 11.9 Å². The van der Waals surface area contributed by atoms with Gasteiger partial charge in [-0.25, -0.2) is 0 Å². The number of hydrogen-bond acceptors (Lipinski definition) is 2. The number of aromatic nitrogens is 1. The van der Waals surface area contributed by atoms with E-state index in [2.05, 4.69) is 82.2 Å². The molecule has 1 aromatic carbocycles. The van der Waals surface area contributed by atoms with Crippen molar-refractivity contribution in [3.8, 4) is 0 Å². The zero-order chi connectivity index (χ0) is 17.2. The van der Waals surface area contributed by atoms with Gasteiger partial charge in [-0.3, -0.25) is 4.72 Å². The lowest BCUT2D eigenvalue weighted by atomic mass is 10.0. The largest absolute Gasteiger partial charge is 0.347 e. The Hall–Kier alpha value is -0.930. The summed E-state index contributed by atoms with van der Waals surface area (Å²) in [4.78, 5) is 0. The van der Waals surface area contributed by atoms with Crippen molar-refractivity contribution in [2.45, 2.75) is 72.2 Å². The third kappa shape index (κ3) is 5.02. The highest BCUT2D eigenvalue weighted by atomic mass is 32.2. The van der Waals surface area contributed by atoms with Crippen molar-refractivity contribution in [2.75, 3.05) is 0 Å². The van der Waals surface area contributed by atoms with Gasteiger partial charge >= 0.3 is 0 Å². The van der Waals surface area contributed by atoms with Gasteiger partial charge in [0.2, 0.25) is 0 Å². The summed E-state index contributed by atoms with van der Waals surface area (Å²) in [5.41, 5.74) is 4.19. The van der Waals surface area contributed by atoms with Crippen molar-refractivity contribution in [3.05, 3.63) is 35.5 Å². The molecule has 23 heavy (non-hydrogen) atoms. The maximum atomic E-state index is 3.54. The van der Waals surface area contributed by atoms with Crippen LogP contribution in [0.5, 0.6) is 0 Å². The fourth-order valence-electron chi connectivity index (χ4n) is 2.76. The summed E-state index contributed by atoms with van der Waals surface area (Å²) < 4.78 is 6.21. The molecule has 128 valence electrons. The van der Waals surface area contributed by atoms with Crippen LogP contribution in [0.4, 0.5) is 0 Å². The molecule has 0 radical (unpaired) electrons. The molecule has 2 aromatic rings. The smallest absolute Gasteiger partial charge is 0.0486 e. The molecule has 1 aromatic heterocycles. The van der Waals surface area contributed by atoms with Gasteiger partial charge in [0.05, 0.1) is 0 Å². The minimum atomic E-state index is 0.237. The van der Waals surface area contributed by atoms with Crippen LogP contribution < -0.4 is 4.72 Å². The Morgan fingerprint density at radius 2 is 1.83 bits per heavy atom. The van der Waals surface area contributed by atoms with Crippen LogP contribution in [0, 0.1) is 5.92 Å². The first-order chi connectivity index (χ1) is 10.7. The van der Waals surface area contributed by atoms with E-state index in [9.17, 15) is 0 Å². The summed E-state index contributed by atoms with van der Waals surface area (Å²) in [5.74, 6) is 1.22. The monoisotopic (exact) mass is 332 g/mol. The number of rotatable bonds is 6. The molecular weight excluding hydrogens is 300 g/mol. The third-order valence-electron chi connectivity index (χ3n) is 3.86. The molecule has 1 heterocycles. The van der Waals surface area contributed by atoms with E-state index in [0.29, 0.717) is 11.8 Å². The van der Waals surface area contributed by atoms with E-state index >= 15 is 0 Å². The number of hydrogen-bond donors (Lipinski definition) is 1. The van der Waals surface area contributed by atoms with Gasteiger partial charge in [-0.1, -0.05) is 51.8 Å². The molecule has 0 aliphatic carbocycles. The molecule has 0 atom stereocenters. The lowest BCUT2D eigenvalue weighted by Crippen LogP contribution is -2.16. The second-order valence-electron chi connectivity index (χ2n) is 8.17. The molecule has 0 amide bonds. The predicted molar refractivity (Wildman–Crippen MR) is 105 cm³/mol. The van der Waals surface area contributed by atoms with Gasteiger partial charge in [0.15, 0.2) is 0 Å².